The van der Waals surface area contributed by atoms with Crippen LogP contribution < -0.4 is 10.9 Å². The normalized spacial score (nSPS) is 16.0. The minimum Gasteiger partial charge on any atom is -0.448 e. The number of anilines is 1. The average molecular weight is 484 g/mol. The van der Waals surface area contributed by atoms with Gasteiger partial charge in [-0.2, -0.15) is 0 Å². The number of hydrogen-bond donors (Lipinski definition) is 1. The third-order valence-electron chi connectivity index (χ3n) is 5.65. The molecule has 9 heteroatoms. The molecule has 5 rings (SSSR count). The first-order chi connectivity index (χ1) is 16.0. The largest absolute Gasteiger partial charge is 0.448 e. The van der Waals surface area contributed by atoms with Crippen LogP contribution in [0.5, 0.6) is 0 Å². The predicted octanol–water partition coefficient (Wildman–Crippen LogP) is 5.01. The molecule has 7 nitrogen and oxygen atoms in total. The minimum absolute atomic E-state index is 0.0609. The summed E-state index contributed by atoms with van der Waals surface area (Å²) in [5, 5.41) is 4.67. The number of benzene rings is 2. The number of fused-ring (bicyclic) bond motifs is 3. The zero-order valence-electron chi connectivity index (χ0n) is 18.0. The molecular formula is C24H22ClN3O4S. The molecule has 2 aromatic carbocycles. The van der Waals surface area contributed by atoms with E-state index >= 15 is 0 Å². The molecule has 33 heavy (non-hydrogen) atoms. The molecule has 0 radical (unpaired) electrons. The van der Waals surface area contributed by atoms with Crippen LogP contribution in [0.4, 0.5) is 5.69 Å². The Bertz CT molecular complexity index is 1410. The lowest BCUT2D eigenvalue weighted by Gasteiger charge is -2.15. The Labute approximate surface area is 199 Å². The number of carbonyl (C=O) groups is 1. The van der Waals surface area contributed by atoms with Gasteiger partial charge in [-0.1, -0.05) is 41.6 Å². The van der Waals surface area contributed by atoms with E-state index in [4.69, 9.17) is 25.7 Å². The highest BCUT2D eigenvalue weighted by Crippen LogP contribution is 2.28. The van der Waals surface area contributed by atoms with Gasteiger partial charge < -0.3 is 14.5 Å². The van der Waals surface area contributed by atoms with E-state index in [1.165, 1.54) is 11.8 Å². The van der Waals surface area contributed by atoms with Crippen LogP contribution in [0, 0.1) is 6.92 Å². The van der Waals surface area contributed by atoms with Crippen molar-refractivity contribution in [2.75, 3.05) is 17.7 Å². The Balaban J connectivity index is 1.45. The number of furan rings is 1. The van der Waals surface area contributed by atoms with Crippen molar-refractivity contribution in [3.05, 3.63) is 63.4 Å². The number of carbonyl (C=O) groups excluding carboxylic acids is 1. The summed E-state index contributed by atoms with van der Waals surface area (Å²) >= 11 is 7.37. The molecule has 0 unspecified atom stereocenters. The van der Waals surface area contributed by atoms with Crippen molar-refractivity contribution in [2.24, 2.45) is 0 Å². The number of thioether (sulfide) groups is 1. The van der Waals surface area contributed by atoms with Crippen LogP contribution in [0.15, 0.2) is 56.8 Å². The Morgan fingerprint density at radius 1 is 1.30 bits per heavy atom. The molecule has 2 aromatic heterocycles. The maximum atomic E-state index is 13.4. The number of nitrogens with one attached hydrogen (secondary N) is 1. The fraction of sp³-hybridized carbons (Fsp3) is 0.292. The fourth-order valence-electron chi connectivity index (χ4n) is 3.91. The van der Waals surface area contributed by atoms with Crippen molar-refractivity contribution in [3.63, 3.8) is 0 Å². The van der Waals surface area contributed by atoms with Crippen molar-refractivity contribution >= 4 is 57.0 Å². The molecule has 0 aliphatic carbocycles. The van der Waals surface area contributed by atoms with Crippen molar-refractivity contribution < 1.29 is 13.9 Å². The highest BCUT2D eigenvalue weighted by atomic mass is 35.5. The molecular weight excluding hydrogens is 462 g/mol. The van der Waals surface area contributed by atoms with Crippen LogP contribution in [0.1, 0.15) is 18.4 Å². The third kappa shape index (κ3) is 4.51. The first-order valence-corrected chi connectivity index (χ1v) is 12.1. The molecule has 170 valence electrons. The van der Waals surface area contributed by atoms with Gasteiger partial charge in [-0.25, -0.2) is 4.98 Å². The molecule has 1 N–H and O–H groups in total. The van der Waals surface area contributed by atoms with E-state index in [-0.39, 0.29) is 28.9 Å². The number of para-hydroxylation sites is 1. The van der Waals surface area contributed by atoms with Gasteiger partial charge in [0, 0.05) is 22.7 Å². The first kappa shape index (κ1) is 22.0. The minimum atomic E-state index is -0.264. The Morgan fingerprint density at radius 2 is 2.15 bits per heavy atom. The van der Waals surface area contributed by atoms with Crippen molar-refractivity contribution in [3.8, 4) is 0 Å². The summed E-state index contributed by atoms with van der Waals surface area (Å²) in [5.41, 5.74) is 2.63. The summed E-state index contributed by atoms with van der Waals surface area (Å²) in [7, 11) is 0. The molecule has 1 aliphatic rings. The van der Waals surface area contributed by atoms with Crippen molar-refractivity contribution in [1.29, 1.82) is 0 Å². The predicted molar refractivity (Wildman–Crippen MR) is 130 cm³/mol. The highest BCUT2D eigenvalue weighted by molar-refractivity contribution is 7.99. The quantitative estimate of drug-likeness (QED) is 0.306. The summed E-state index contributed by atoms with van der Waals surface area (Å²) in [4.78, 5) is 30.7. The van der Waals surface area contributed by atoms with E-state index in [0.717, 1.165) is 23.8 Å². The van der Waals surface area contributed by atoms with Crippen LogP contribution in [-0.2, 0) is 16.1 Å². The van der Waals surface area contributed by atoms with E-state index in [2.05, 4.69) is 5.32 Å². The number of amides is 1. The summed E-state index contributed by atoms with van der Waals surface area (Å²) in [6, 6.07) is 12.8. The number of aromatic nitrogens is 2. The van der Waals surface area contributed by atoms with Crippen molar-refractivity contribution in [1.82, 2.24) is 9.55 Å². The van der Waals surface area contributed by atoms with Crippen LogP contribution in [0.3, 0.4) is 0 Å². The van der Waals surface area contributed by atoms with Crippen LogP contribution in [0.2, 0.25) is 5.02 Å². The number of nitrogens with zero attached hydrogens (tertiary/aromatic N) is 2. The maximum absolute atomic E-state index is 13.4. The second-order valence-electron chi connectivity index (χ2n) is 8.02. The second-order valence-corrected chi connectivity index (χ2v) is 9.37. The number of rotatable bonds is 6. The summed E-state index contributed by atoms with van der Waals surface area (Å²) in [6.45, 7) is 2.96. The molecule has 0 spiro atoms. The molecule has 0 saturated carbocycles. The molecule has 1 saturated heterocycles. The molecule has 0 bridgehead atoms. The van der Waals surface area contributed by atoms with Gasteiger partial charge >= 0.3 is 0 Å². The number of hydrogen-bond acceptors (Lipinski definition) is 6. The topological polar surface area (TPSA) is 86.4 Å². The van der Waals surface area contributed by atoms with Gasteiger partial charge in [-0.05, 0) is 49.6 Å². The molecule has 1 fully saturated rings. The summed E-state index contributed by atoms with van der Waals surface area (Å²) in [5.74, 6) is -0.125. The number of aryl methyl sites for hydroxylation is 1. The van der Waals surface area contributed by atoms with E-state index < -0.39 is 0 Å². The Kier molecular flexibility index (Phi) is 6.14. The maximum Gasteiger partial charge on any atom is 0.297 e. The van der Waals surface area contributed by atoms with Gasteiger partial charge in [-0.3, -0.25) is 14.2 Å². The molecule has 1 atom stereocenters. The molecule has 1 amide bonds. The Morgan fingerprint density at radius 3 is 2.94 bits per heavy atom. The highest BCUT2D eigenvalue weighted by Gasteiger charge is 2.23. The molecule has 4 aromatic rings. The average Bonchev–Trinajstić information content (AvgIpc) is 3.45. The van der Waals surface area contributed by atoms with Crippen LogP contribution in [0.25, 0.3) is 22.1 Å². The van der Waals surface area contributed by atoms with Crippen LogP contribution in [-0.4, -0.2) is 33.9 Å². The van der Waals surface area contributed by atoms with Gasteiger partial charge in [0.2, 0.25) is 11.5 Å². The monoisotopic (exact) mass is 483 g/mol. The van der Waals surface area contributed by atoms with E-state index in [1.807, 2.05) is 37.3 Å². The van der Waals surface area contributed by atoms with E-state index in [1.54, 1.807) is 16.7 Å². The first-order valence-electron chi connectivity index (χ1n) is 10.7. The van der Waals surface area contributed by atoms with E-state index in [9.17, 15) is 9.59 Å². The zero-order chi connectivity index (χ0) is 22.9. The summed E-state index contributed by atoms with van der Waals surface area (Å²) in [6.07, 6.45) is 1.78. The lowest BCUT2D eigenvalue weighted by molar-refractivity contribution is -0.113. The molecule has 3 heterocycles. The van der Waals surface area contributed by atoms with Gasteiger partial charge in [-0.15, -0.1) is 0 Å². The number of ether oxygens (including phenoxy) is 1. The third-order valence-corrected chi connectivity index (χ3v) is 7.03. The van der Waals surface area contributed by atoms with Gasteiger partial charge in [0.1, 0.15) is 11.1 Å². The Hall–Kier alpha value is -2.81. The van der Waals surface area contributed by atoms with Crippen molar-refractivity contribution in [2.45, 2.75) is 37.6 Å². The zero-order valence-corrected chi connectivity index (χ0v) is 19.5. The van der Waals surface area contributed by atoms with E-state index in [0.29, 0.717) is 40.1 Å². The van der Waals surface area contributed by atoms with Gasteiger partial charge in [0.25, 0.3) is 5.56 Å². The van der Waals surface area contributed by atoms with Crippen LogP contribution >= 0.6 is 23.4 Å². The standard InChI is InChI=1S/C24H22ClN3O4S/c1-14-8-9-15(11-18(14)25)26-20(29)13-33-24-27-21-17-6-2-3-7-19(17)32-22(21)23(30)28(24)12-16-5-4-10-31-16/h2-3,6-9,11,16H,4-5,10,12-13H2,1H3,(H,26,29)/t16-/m0/s1. The smallest absolute Gasteiger partial charge is 0.297 e. The lowest BCUT2D eigenvalue weighted by Crippen LogP contribution is -2.29. The summed E-state index contributed by atoms with van der Waals surface area (Å²) < 4.78 is 13.1. The SMILES string of the molecule is Cc1ccc(NC(=O)CSc2nc3c(oc4ccccc43)c(=O)n2C[C@@H]2CCCO2)cc1Cl. The fourth-order valence-corrected chi connectivity index (χ4v) is 4.90. The number of halogens is 1. The molecule has 1 aliphatic heterocycles. The second kappa shape index (κ2) is 9.21. The van der Waals surface area contributed by atoms with Gasteiger partial charge in [0.05, 0.1) is 18.4 Å². The van der Waals surface area contributed by atoms with Gasteiger partial charge in [0.15, 0.2) is 5.16 Å². The lowest BCUT2D eigenvalue weighted by atomic mass is 10.2.